The van der Waals surface area contributed by atoms with Crippen molar-refractivity contribution in [1.82, 2.24) is 19.9 Å². The van der Waals surface area contributed by atoms with Gasteiger partial charge in [-0.3, -0.25) is 4.98 Å². The summed E-state index contributed by atoms with van der Waals surface area (Å²) in [6, 6.07) is 23.7. The van der Waals surface area contributed by atoms with Gasteiger partial charge in [0.15, 0.2) is 17.5 Å². The molecule has 0 radical (unpaired) electrons. The quantitative estimate of drug-likeness (QED) is 0.567. The predicted octanol–water partition coefficient (Wildman–Crippen LogP) is 4.27. The van der Waals surface area contributed by atoms with Gasteiger partial charge in [0.05, 0.1) is 0 Å². The van der Waals surface area contributed by atoms with Crippen molar-refractivity contribution in [3.8, 4) is 34.2 Å². The van der Waals surface area contributed by atoms with Gasteiger partial charge in [0, 0.05) is 29.1 Å². The minimum Gasteiger partial charge on any atom is -0.264 e. The summed E-state index contributed by atoms with van der Waals surface area (Å²) in [5, 5.41) is 0. The minimum atomic E-state index is 0.621. The van der Waals surface area contributed by atoms with Crippen LogP contribution in [-0.2, 0) is 0 Å². The lowest BCUT2D eigenvalue weighted by atomic mass is 10.2. The third-order valence-corrected chi connectivity index (χ3v) is 3.62. The number of benzene rings is 2. The molecular formula is C20H14N4. The van der Waals surface area contributed by atoms with Crippen LogP contribution in [-0.4, -0.2) is 19.9 Å². The molecule has 2 aromatic heterocycles. The first-order valence-electron chi connectivity index (χ1n) is 7.67. The van der Waals surface area contributed by atoms with Gasteiger partial charge in [-0.05, 0) is 12.1 Å². The molecule has 4 heteroatoms. The zero-order valence-corrected chi connectivity index (χ0v) is 12.9. The van der Waals surface area contributed by atoms with Gasteiger partial charge in [0.25, 0.3) is 0 Å². The van der Waals surface area contributed by atoms with E-state index in [1.54, 1.807) is 12.4 Å². The summed E-state index contributed by atoms with van der Waals surface area (Å²) in [7, 11) is 0. The third-order valence-electron chi connectivity index (χ3n) is 3.62. The average Bonchev–Trinajstić information content (AvgIpc) is 2.70. The van der Waals surface area contributed by atoms with Crippen LogP contribution in [0.25, 0.3) is 34.2 Å². The molecule has 0 atom stereocenters. The van der Waals surface area contributed by atoms with Crippen LogP contribution in [0, 0.1) is 0 Å². The SMILES string of the molecule is c1ccc(-c2nc(-c3ccccc3)nc(-c3cccnc3)n2)cc1. The van der Waals surface area contributed by atoms with Gasteiger partial charge >= 0.3 is 0 Å². The number of aromatic nitrogens is 4. The lowest BCUT2D eigenvalue weighted by molar-refractivity contribution is 1.07. The maximum absolute atomic E-state index is 4.66. The zero-order valence-electron chi connectivity index (χ0n) is 12.9. The molecule has 0 amide bonds. The average molecular weight is 310 g/mol. The predicted molar refractivity (Wildman–Crippen MR) is 93.9 cm³/mol. The van der Waals surface area contributed by atoms with Crippen LogP contribution in [0.5, 0.6) is 0 Å². The number of rotatable bonds is 3. The van der Waals surface area contributed by atoms with Crippen molar-refractivity contribution >= 4 is 0 Å². The standard InChI is InChI=1S/C20H14N4/c1-3-8-15(9-4-1)18-22-19(16-10-5-2-6-11-16)24-20(23-18)17-12-7-13-21-14-17/h1-14H. The fourth-order valence-corrected chi connectivity index (χ4v) is 2.43. The first-order valence-corrected chi connectivity index (χ1v) is 7.67. The molecule has 4 aromatic rings. The van der Waals surface area contributed by atoms with Gasteiger partial charge in [0.1, 0.15) is 0 Å². The number of pyridine rings is 1. The van der Waals surface area contributed by atoms with E-state index in [0.717, 1.165) is 16.7 Å². The van der Waals surface area contributed by atoms with Crippen molar-refractivity contribution in [2.24, 2.45) is 0 Å². The molecule has 0 N–H and O–H groups in total. The molecule has 2 heterocycles. The zero-order chi connectivity index (χ0) is 16.2. The molecule has 0 spiro atoms. The molecule has 0 aliphatic heterocycles. The third kappa shape index (κ3) is 2.90. The topological polar surface area (TPSA) is 51.6 Å². The van der Waals surface area contributed by atoms with Gasteiger partial charge in [-0.25, -0.2) is 15.0 Å². The van der Waals surface area contributed by atoms with Gasteiger partial charge in [0.2, 0.25) is 0 Å². The molecule has 4 rings (SSSR count). The molecule has 0 bridgehead atoms. The van der Waals surface area contributed by atoms with Crippen molar-refractivity contribution in [3.05, 3.63) is 85.2 Å². The molecule has 0 aliphatic carbocycles. The van der Waals surface area contributed by atoms with E-state index in [9.17, 15) is 0 Å². The molecule has 0 fully saturated rings. The highest BCUT2D eigenvalue weighted by Crippen LogP contribution is 2.23. The summed E-state index contributed by atoms with van der Waals surface area (Å²) in [6.07, 6.45) is 3.50. The van der Waals surface area contributed by atoms with E-state index in [1.807, 2.05) is 72.8 Å². The Hall–Kier alpha value is -3.40. The second-order valence-corrected chi connectivity index (χ2v) is 5.28. The highest BCUT2D eigenvalue weighted by molar-refractivity contribution is 5.65. The summed E-state index contributed by atoms with van der Waals surface area (Å²) in [5.41, 5.74) is 2.79. The minimum absolute atomic E-state index is 0.621. The maximum atomic E-state index is 4.66. The Bertz CT molecular complexity index is 799. The summed E-state index contributed by atoms with van der Waals surface area (Å²) in [4.78, 5) is 18.1. The van der Waals surface area contributed by atoms with E-state index >= 15 is 0 Å². The first kappa shape index (κ1) is 14.2. The fraction of sp³-hybridized carbons (Fsp3) is 0. The van der Waals surface area contributed by atoms with E-state index in [0.29, 0.717) is 17.5 Å². The van der Waals surface area contributed by atoms with E-state index in [2.05, 4.69) is 19.9 Å². The van der Waals surface area contributed by atoms with E-state index < -0.39 is 0 Å². The maximum Gasteiger partial charge on any atom is 0.165 e. The van der Waals surface area contributed by atoms with E-state index in [4.69, 9.17) is 0 Å². The highest BCUT2D eigenvalue weighted by Gasteiger charge is 2.11. The summed E-state index contributed by atoms with van der Waals surface area (Å²) < 4.78 is 0. The van der Waals surface area contributed by atoms with E-state index in [1.165, 1.54) is 0 Å². The van der Waals surface area contributed by atoms with Crippen molar-refractivity contribution < 1.29 is 0 Å². The van der Waals surface area contributed by atoms with Crippen molar-refractivity contribution in [2.75, 3.05) is 0 Å². The molecule has 0 saturated heterocycles. The Morgan fingerprint density at radius 3 is 1.38 bits per heavy atom. The molecule has 4 nitrogen and oxygen atoms in total. The second-order valence-electron chi connectivity index (χ2n) is 5.28. The molecule has 24 heavy (non-hydrogen) atoms. The number of nitrogens with zero attached hydrogens (tertiary/aromatic N) is 4. The van der Waals surface area contributed by atoms with Gasteiger partial charge < -0.3 is 0 Å². The van der Waals surface area contributed by atoms with Crippen LogP contribution < -0.4 is 0 Å². The Morgan fingerprint density at radius 1 is 0.458 bits per heavy atom. The van der Waals surface area contributed by atoms with Crippen molar-refractivity contribution in [2.45, 2.75) is 0 Å². The Morgan fingerprint density at radius 2 is 0.917 bits per heavy atom. The lowest BCUT2D eigenvalue weighted by Gasteiger charge is -2.07. The van der Waals surface area contributed by atoms with Crippen LogP contribution in [0.1, 0.15) is 0 Å². The van der Waals surface area contributed by atoms with Gasteiger partial charge in [-0.2, -0.15) is 0 Å². The van der Waals surface area contributed by atoms with Crippen LogP contribution >= 0.6 is 0 Å². The molecule has 2 aromatic carbocycles. The Labute approximate surface area is 139 Å². The number of hydrogen-bond acceptors (Lipinski definition) is 4. The summed E-state index contributed by atoms with van der Waals surface area (Å²) in [5.74, 6) is 1.93. The monoisotopic (exact) mass is 310 g/mol. The fourth-order valence-electron chi connectivity index (χ4n) is 2.43. The lowest BCUT2D eigenvalue weighted by Crippen LogP contribution is -2.00. The Balaban J connectivity index is 1.92. The first-order chi connectivity index (χ1) is 11.9. The molecule has 0 saturated carbocycles. The summed E-state index contributed by atoms with van der Waals surface area (Å²) in [6.45, 7) is 0. The van der Waals surface area contributed by atoms with Gasteiger partial charge in [-0.1, -0.05) is 60.7 Å². The molecule has 0 aliphatic rings. The van der Waals surface area contributed by atoms with Crippen LogP contribution in [0.3, 0.4) is 0 Å². The molecular weight excluding hydrogens is 296 g/mol. The van der Waals surface area contributed by atoms with Crippen LogP contribution in [0.2, 0.25) is 0 Å². The smallest absolute Gasteiger partial charge is 0.165 e. The van der Waals surface area contributed by atoms with Gasteiger partial charge in [-0.15, -0.1) is 0 Å². The van der Waals surface area contributed by atoms with Crippen LogP contribution in [0.15, 0.2) is 85.2 Å². The van der Waals surface area contributed by atoms with Crippen molar-refractivity contribution in [3.63, 3.8) is 0 Å². The highest BCUT2D eigenvalue weighted by atomic mass is 15.0. The summed E-state index contributed by atoms with van der Waals surface area (Å²) >= 11 is 0. The normalized spacial score (nSPS) is 10.5. The number of hydrogen-bond donors (Lipinski definition) is 0. The van der Waals surface area contributed by atoms with Crippen molar-refractivity contribution in [1.29, 1.82) is 0 Å². The molecule has 0 unspecified atom stereocenters. The largest absolute Gasteiger partial charge is 0.264 e. The molecule has 114 valence electrons. The second kappa shape index (κ2) is 6.38. The van der Waals surface area contributed by atoms with Crippen LogP contribution in [0.4, 0.5) is 0 Å². The van der Waals surface area contributed by atoms with E-state index in [-0.39, 0.29) is 0 Å². The Kier molecular flexibility index (Phi) is 3.78.